The van der Waals surface area contributed by atoms with Crippen molar-refractivity contribution in [3.63, 3.8) is 0 Å². The lowest BCUT2D eigenvalue weighted by Gasteiger charge is -2.21. The van der Waals surface area contributed by atoms with Crippen LogP contribution < -0.4 is 10.6 Å². The highest BCUT2D eigenvalue weighted by Crippen LogP contribution is 2.22. The van der Waals surface area contributed by atoms with Crippen LogP contribution in [-0.4, -0.2) is 24.0 Å². The molecule has 2 unspecified atom stereocenters. The van der Waals surface area contributed by atoms with Crippen LogP contribution in [0.5, 0.6) is 0 Å². The van der Waals surface area contributed by atoms with Crippen molar-refractivity contribution in [3.05, 3.63) is 66.0 Å². The number of hydrogen-bond acceptors (Lipinski definition) is 3. The Morgan fingerprint density at radius 3 is 2.52 bits per heavy atom. The lowest BCUT2D eigenvalue weighted by molar-refractivity contribution is -0.124. The van der Waals surface area contributed by atoms with Crippen LogP contribution in [0.25, 0.3) is 0 Å². The molecule has 1 aliphatic rings. The monoisotopic (exact) mass is 281 g/mol. The predicted octanol–water partition coefficient (Wildman–Crippen LogP) is 1.90. The van der Waals surface area contributed by atoms with E-state index in [4.69, 9.17) is 0 Å². The highest BCUT2D eigenvalue weighted by molar-refractivity contribution is 5.80. The summed E-state index contributed by atoms with van der Waals surface area (Å²) >= 11 is 0. The SMILES string of the molecule is O=C(NC(c1ccccc1)c1ccncc1)C1CCNC1. The average Bonchev–Trinajstić information content (AvgIpc) is 3.09. The van der Waals surface area contributed by atoms with Gasteiger partial charge >= 0.3 is 0 Å². The normalized spacial score (nSPS) is 19.1. The molecule has 2 heterocycles. The number of carbonyl (C=O) groups is 1. The van der Waals surface area contributed by atoms with Crippen molar-refractivity contribution in [1.82, 2.24) is 15.6 Å². The first kappa shape index (κ1) is 13.8. The van der Waals surface area contributed by atoms with Crippen molar-refractivity contribution in [2.24, 2.45) is 5.92 Å². The van der Waals surface area contributed by atoms with Gasteiger partial charge in [0.05, 0.1) is 12.0 Å². The molecular weight excluding hydrogens is 262 g/mol. The molecule has 1 amide bonds. The summed E-state index contributed by atoms with van der Waals surface area (Å²) in [5, 5.41) is 6.42. The Morgan fingerprint density at radius 2 is 1.86 bits per heavy atom. The Bertz CT molecular complexity index is 540. The summed E-state index contributed by atoms with van der Waals surface area (Å²) in [4.78, 5) is 16.5. The second kappa shape index (κ2) is 6.50. The molecule has 1 aliphatic heterocycles. The molecule has 2 atom stereocenters. The molecule has 1 aromatic heterocycles. The fraction of sp³-hybridized carbons (Fsp3) is 0.294. The van der Waals surface area contributed by atoms with Gasteiger partial charge in [-0.1, -0.05) is 30.3 Å². The number of pyridine rings is 1. The molecule has 2 aromatic rings. The fourth-order valence-electron chi connectivity index (χ4n) is 2.70. The first-order valence-corrected chi connectivity index (χ1v) is 7.30. The van der Waals surface area contributed by atoms with Crippen LogP contribution in [0.1, 0.15) is 23.6 Å². The second-order valence-electron chi connectivity index (χ2n) is 5.32. The lowest BCUT2D eigenvalue weighted by atomic mass is 9.98. The molecule has 0 radical (unpaired) electrons. The molecule has 1 aromatic carbocycles. The van der Waals surface area contributed by atoms with Gasteiger partial charge in [0.2, 0.25) is 5.91 Å². The Morgan fingerprint density at radius 1 is 1.14 bits per heavy atom. The summed E-state index contributed by atoms with van der Waals surface area (Å²) in [6.45, 7) is 1.69. The van der Waals surface area contributed by atoms with Crippen LogP contribution >= 0.6 is 0 Å². The predicted molar refractivity (Wildman–Crippen MR) is 81.6 cm³/mol. The van der Waals surface area contributed by atoms with E-state index in [-0.39, 0.29) is 17.9 Å². The number of rotatable bonds is 4. The Balaban J connectivity index is 1.84. The number of amides is 1. The second-order valence-corrected chi connectivity index (χ2v) is 5.32. The third-order valence-corrected chi connectivity index (χ3v) is 3.89. The molecule has 21 heavy (non-hydrogen) atoms. The van der Waals surface area contributed by atoms with Crippen molar-refractivity contribution >= 4 is 5.91 Å². The zero-order chi connectivity index (χ0) is 14.5. The zero-order valence-electron chi connectivity index (χ0n) is 11.8. The van der Waals surface area contributed by atoms with Gasteiger partial charge in [0, 0.05) is 18.9 Å². The third-order valence-electron chi connectivity index (χ3n) is 3.89. The molecule has 1 saturated heterocycles. The number of carbonyl (C=O) groups excluding carboxylic acids is 1. The van der Waals surface area contributed by atoms with Crippen molar-refractivity contribution in [2.75, 3.05) is 13.1 Å². The fourth-order valence-corrected chi connectivity index (χ4v) is 2.70. The van der Waals surface area contributed by atoms with Crippen LogP contribution in [0.2, 0.25) is 0 Å². The van der Waals surface area contributed by atoms with E-state index in [1.54, 1.807) is 12.4 Å². The van der Waals surface area contributed by atoms with Gasteiger partial charge in [0.15, 0.2) is 0 Å². The molecule has 0 bridgehead atoms. The van der Waals surface area contributed by atoms with E-state index in [9.17, 15) is 4.79 Å². The molecule has 1 fully saturated rings. The topological polar surface area (TPSA) is 54.0 Å². The minimum atomic E-state index is -0.123. The summed E-state index contributed by atoms with van der Waals surface area (Å²) < 4.78 is 0. The van der Waals surface area contributed by atoms with Gasteiger partial charge in [0.25, 0.3) is 0 Å². The Hall–Kier alpha value is -2.20. The van der Waals surface area contributed by atoms with Gasteiger partial charge in [-0.05, 0) is 36.2 Å². The zero-order valence-corrected chi connectivity index (χ0v) is 11.8. The molecule has 2 N–H and O–H groups in total. The number of benzene rings is 1. The van der Waals surface area contributed by atoms with Gasteiger partial charge in [-0.15, -0.1) is 0 Å². The van der Waals surface area contributed by atoms with Gasteiger partial charge in [-0.2, -0.15) is 0 Å². The Labute approximate surface area is 124 Å². The van der Waals surface area contributed by atoms with Crippen LogP contribution in [-0.2, 0) is 4.79 Å². The number of nitrogens with one attached hydrogen (secondary N) is 2. The van der Waals surface area contributed by atoms with E-state index in [2.05, 4.69) is 15.6 Å². The number of aromatic nitrogens is 1. The first-order valence-electron chi connectivity index (χ1n) is 7.30. The van der Waals surface area contributed by atoms with E-state index in [0.717, 1.165) is 30.6 Å². The summed E-state index contributed by atoms with van der Waals surface area (Å²) in [6, 6.07) is 13.8. The van der Waals surface area contributed by atoms with Crippen molar-refractivity contribution in [3.8, 4) is 0 Å². The van der Waals surface area contributed by atoms with E-state index in [1.807, 2.05) is 42.5 Å². The minimum absolute atomic E-state index is 0.0676. The number of hydrogen-bond donors (Lipinski definition) is 2. The van der Waals surface area contributed by atoms with E-state index < -0.39 is 0 Å². The van der Waals surface area contributed by atoms with E-state index in [1.165, 1.54) is 0 Å². The van der Waals surface area contributed by atoms with Crippen molar-refractivity contribution < 1.29 is 4.79 Å². The van der Waals surface area contributed by atoms with Crippen LogP contribution in [0.4, 0.5) is 0 Å². The molecule has 4 heteroatoms. The highest BCUT2D eigenvalue weighted by atomic mass is 16.2. The first-order chi connectivity index (χ1) is 10.3. The van der Waals surface area contributed by atoms with Gasteiger partial charge in [-0.3, -0.25) is 9.78 Å². The largest absolute Gasteiger partial charge is 0.345 e. The smallest absolute Gasteiger partial charge is 0.225 e. The molecule has 0 saturated carbocycles. The maximum Gasteiger partial charge on any atom is 0.225 e. The summed E-state index contributed by atoms with van der Waals surface area (Å²) in [6.07, 6.45) is 4.42. The number of nitrogens with zero attached hydrogens (tertiary/aromatic N) is 1. The Kier molecular flexibility index (Phi) is 4.26. The van der Waals surface area contributed by atoms with Gasteiger partial charge in [-0.25, -0.2) is 0 Å². The molecule has 108 valence electrons. The van der Waals surface area contributed by atoms with Crippen molar-refractivity contribution in [2.45, 2.75) is 12.5 Å². The summed E-state index contributed by atoms with van der Waals surface area (Å²) in [7, 11) is 0. The average molecular weight is 281 g/mol. The van der Waals surface area contributed by atoms with E-state index in [0.29, 0.717) is 0 Å². The standard InChI is InChI=1S/C17H19N3O/c21-17(15-8-11-19-12-15)20-16(13-4-2-1-3-5-13)14-6-9-18-10-7-14/h1-7,9-10,15-16,19H,8,11-12H2,(H,20,21). The molecule has 3 rings (SSSR count). The van der Waals surface area contributed by atoms with Crippen LogP contribution in [0, 0.1) is 5.92 Å². The third kappa shape index (κ3) is 3.28. The van der Waals surface area contributed by atoms with Gasteiger partial charge < -0.3 is 10.6 Å². The molecular formula is C17H19N3O. The quantitative estimate of drug-likeness (QED) is 0.900. The maximum atomic E-state index is 12.4. The van der Waals surface area contributed by atoms with Crippen LogP contribution in [0.15, 0.2) is 54.9 Å². The molecule has 4 nitrogen and oxygen atoms in total. The minimum Gasteiger partial charge on any atom is -0.345 e. The summed E-state index contributed by atoms with van der Waals surface area (Å²) in [5.41, 5.74) is 2.14. The van der Waals surface area contributed by atoms with E-state index >= 15 is 0 Å². The molecule has 0 aliphatic carbocycles. The summed E-state index contributed by atoms with van der Waals surface area (Å²) in [5.74, 6) is 0.184. The highest BCUT2D eigenvalue weighted by Gasteiger charge is 2.25. The van der Waals surface area contributed by atoms with Crippen molar-refractivity contribution in [1.29, 1.82) is 0 Å². The van der Waals surface area contributed by atoms with Crippen LogP contribution in [0.3, 0.4) is 0 Å². The lowest BCUT2D eigenvalue weighted by Crippen LogP contribution is -2.35. The van der Waals surface area contributed by atoms with Gasteiger partial charge in [0.1, 0.15) is 0 Å². The molecule has 0 spiro atoms. The maximum absolute atomic E-state index is 12.4.